The van der Waals surface area contributed by atoms with Gasteiger partial charge < -0.3 is 4.90 Å². The van der Waals surface area contributed by atoms with Crippen LogP contribution < -0.4 is 4.90 Å². The Balaban J connectivity index is 1.48. The molecule has 23 heavy (non-hydrogen) atoms. The third-order valence-electron chi connectivity index (χ3n) is 5.40. The molecule has 1 aliphatic carbocycles. The van der Waals surface area contributed by atoms with Crippen molar-refractivity contribution in [3.8, 4) is 0 Å². The highest BCUT2D eigenvalue weighted by Crippen LogP contribution is 2.49. The second-order valence-electron chi connectivity index (χ2n) is 6.91. The molecule has 2 aliphatic heterocycles. The average molecular weight is 334 g/mol. The molecule has 3 fully saturated rings. The van der Waals surface area contributed by atoms with Gasteiger partial charge in [0.05, 0.1) is 5.92 Å². The van der Waals surface area contributed by atoms with E-state index in [1.54, 1.807) is 4.90 Å². The van der Waals surface area contributed by atoms with Gasteiger partial charge in [0.1, 0.15) is 5.01 Å². The number of hydrogen-bond donors (Lipinski definition) is 0. The Kier molecular flexibility index (Phi) is 3.63. The zero-order valence-electron chi connectivity index (χ0n) is 13.5. The second-order valence-corrected chi connectivity index (χ2v) is 7.95. The molecule has 1 aromatic heterocycles. The Bertz CT molecular complexity index is 640. The van der Waals surface area contributed by atoms with E-state index in [0.717, 1.165) is 43.7 Å². The van der Waals surface area contributed by atoms with Crippen molar-refractivity contribution in [3.63, 3.8) is 0 Å². The summed E-state index contributed by atoms with van der Waals surface area (Å²) in [4.78, 5) is 29.0. The zero-order chi connectivity index (χ0) is 16.0. The number of likely N-dealkylation sites (tertiary alicyclic amines) is 1. The van der Waals surface area contributed by atoms with Gasteiger partial charge >= 0.3 is 0 Å². The summed E-state index contributed by atoms with van der Waals surface area (Å²) in [6, 6.07) is 0. The largest absolute Gasteiger partial charge is 0.337 e. The minimum atomic E-state index is -0.216. The Morgan fingerprint density at radius 3 is 2.83 bits per heavy atom. The van der Waals surface area contributed by atoms with Crippen molar-refractivity contribution >= 4 is 28.3 Å². The van der Waals surface area contributed by atoms with E-state index in [4.69, 9.17) is 0 Å². The van der Waals surface area contributed by atoms with Crippen molar-refractivity contribution in [3.05, 3.63) is 5.01 Å². The molecule has 124 valence electrons. The summed E-state index contributed by atoms with van der Waals surface area (Å²) < 4.78 is 0. The van der Waals surface area contributed by atoms with E-state index in [2.05, 4.69) is 15.1 Å². The van der Waals surface area contributed by atoms with Gasteiger partial charge in [-0.3, -0.25) is 14.5 Å². The van der Waals surface area contributed by atoms with Crippen LogP contribution in [0.5, 0.6) is 0 Å². The van der Waals surface area contributed by atoms with Crippen LogP contribution in [0.15, 0.2) is 0 Å². The Morgan fingerprint density at radius 1 is 1.30 bits per heavy atom. The third-order valence-corrected chi connectivity index (χ3v) is 6.49. The normalized spacial score (nSPS) is 26.1. The maximum atomic E-state index is 13.0. The minimum absolute atomic E-state index is 0.00371. The van der Waals surface area contributed by atoms with Crippen LogP contribution in [0.2, 0.25) is 0 Å². The van der Waals surface area contributed by atoms with E-state index in [-0.39, 0.29) is 23.3 Å². The third kappa shape index (κ3) is 2.55. The molecule has 3 aliphatic rings. The molecule has 1 saturated carbocycles. The predicted octanol–water partition coefficient (Wildman–Crippen LogP) is 2.00. The molecule has 0 aromatic carbocycles. The molecular formula is C16H22N4O2S. The highest BCUT2D eigenvalue weighted by atomic mass is 32.1. The Labute approximate surface area is 139 Å². The predicted molar refractivity (Wildman–Crippen MR) is 87.3 cm³/mol. The first-order valence-electron chi connectivity index (χ1n) is 8.57. The summed E-state index contributed by atoms with van der Waals surface area (Å²) in [6.45, 7) is 3.35. The van der Waals surface area contributed by atoms with Crippen molar-refractivity contribution in [2.75, 3.05) is 18.0 Å². The molecule has 3 heterocycles. The molecule has 6 nitrogen and oxygen atoms in total. The van der Waals surface area contributed by atoms with E-state index in [1.807, 2.05) is 6.92 Å². The number of carbonyl (C=O) groups is 2. The van der Waals surface area contributed by atoms with Gasteiger partial charge in [0.25, 0.3) is 0 Å². The summed E-state index contributed by atoms with van der Waals surface area (Å²) >= 11 is 1.45. The summed E-state index contributed by atoms with van der Waals surface area (Å²) in [6.07, 6.45) is 6.86. The lowest BCUT2D eigenvalue weighted by molar-refractivity contribution is -0.140. The maximum absolute atomic E-state index is 13.0. The molecule has 0 radical (unpaired) electrons. The molecule has 0 N–H and O–H groups in total. The second kappa shape index (κ2) is 5.54. The van der Waals surface area contributed by atoms with Crippen LogP contribution >= 0.6 is 11.3 Å². The Morgan fingerprint density at radius 2 is 2.13 bits per heavy atom. The number of piperidine rings is 1. The van der Waals surface area contributed by atoms with Crippen molar-refractivity contribution in [2.45, 2.75) is 57.4 Å². The number of hydrogen-bond acceptors (Lipinski definition) is 5. The van der Waals surface area contributed by atoms with Crippen LogP contribution in [0.25, 0.3) is 0 Å². The van der Waals surface area contributed by atoms with E-state index in [9.17, 15) is 9.59 Å². The molecule has 1 unspecified atom stereocenters. The summed E-state index contributed by atoms with van der Waals surface area (Å²) in [5.74, 6) is -0.0330. The number of nitrogens with zero attached hydrogens (tertiary/aromatic N) is 4. The number of aryl methyl sites for hydroxylation is 1. The maximum Gasteiger partial charge on any atom is 0.229 e. The first-order valence-corrected chi connectivity index (χ1v) is 9.39. The first-order chi connectivity index (χ1) is 11.1. The summed E-state index contributed by atoms with van der Waals surface area (Å²) in [5.41, 5.74) is 0.143. The highest BCUT2D eigenvalue weighted by Gasteiger charge is 2.52. The fourth-order valence-corrected chi connectivity index (χ4v) is 4.68. The van der Waals surface area contributed by atoms with Gasteiger partial charge in [-0.25, -0.2) is 0 Å². The lowest BCUT2D eigenvalue weighted by Crippen LogP contribution is -2.48. The van der Waals surface area contributed by atoms with Crippen molar-refractivity contribution < 1.29 is 9.59 Å². The van der Waals surface area contributed by atoms with E-state index < -0.39 is 0 Å². The topological polar surface area (TPSA) is 66.4 Å². The smallest absolute Gasteiger partial charge is 0.229 e. The van der Waals surface area contributed by atoms with Crippen LogP contribution in [0, 0.1) is 5.92 Å². The molecule has 1 aromatic rings. The highest BCUT2D eigenvalue weighted by molar-refractivity contribution is 7.15. The molecule has 7 heteroatoms. The summed E-state index contributed by atoms with van der Waals surface area (Å²) in [5, 5.41) is 9.77. The molecular weight excluding hydrogens is 312 g/mol. The van der Waals surface area contributed by atoms with Crippen LogP contribution in [-0.4, -0.2) is 45.5 Å². The Hall–Kier alpha value is -1.50. The van der Waals surface area contributed by atoms with Gasteiger partial charge in [-0.05, 0) is 38.5 Å². The van der Waals surface area contributed by atoms with Crippen molar-refractivity contribution in [1.29, 1.82) is 0 Å². The van der Waals surface area contributed by atoms with Crippen molar-refractivity contribution in [1.82, 2.24) is 15.1 Å². The van der Waals surface area contributed by atoms with Crippen molar-refractivity contribution in [2.24, 2.45) is 5.92 Å². The van der Waals surface area contributed by atoms with Gasteiger partial charge in [-0.1, -0.05) is 18.3 Å². The van der Waals surface area contributed by atoms with E-state index in [0.29, 0.717) is 18.1 Å². The number of carbonyl (C=O) groups excluding carboxylic acids is 2. The number of aromatic nitrogens is 2. The molecule has 2 amide bonds. The molecule has 2 saturated heterocycles. The fraction of sp³-hybridized carbons (Fsp3) is 0.750. The van der Waals surface area contributed by atoms with E-state index >= 15 is 0 Å². The standard InChI is InChI=1S/C16H22N4O2S/c1-2-12-17-18-15(23-12)19-10-11(9-13(19)21)14(22)20-8-4-3-5-16(20)6-7-16/h11H,2-10H2,1H3. The number of anilines is 1. The minimum Gasteiger partial charge on any atom is -0.337 e. The fourth-order valence-electron chi connectivity index (χ4n) is 3.88. The summed E-state index contributed by atoms with van der Waals surface area (Å²) in [7, 11) is 0. The van der Waals surface area contributed by atoms with E-state index in [1.165, 1.54) is 17.8 Å². The lowest BCUT2D eigenvalue weighted by Gasteiger charge is -2.37. The monoisotopic (exact) mass is 334 g/mol. The van der Waals surface area contributed by atoms with Gasteiger partial charge in [0, 0.05) is 25.0 Å². The van der Waals surface area contributed by atoms with Gasteiger partial charge in [0.2, 0.25) is 16.9 Å². The van der Waals surface area contributed by atoms with Crippen LogP contribution in [0.1, 0.15) is 50.5 Å². The van der Waals surface area contributed by atoms with Gasteiger partial charge in [-0.2, -0.15) is 0 Å². The van der Waals surface area contributed by atoms with Crippen LogP contribution in [0.3, 0.4) is 0 Å². The average Bonchev–Trinajstić information content (AvgIpc) is 3.01. The SMILES string of the molecule is CCc1nnc(N2CC(C(=O)N3CCCCC34CC4)CC2=O)s1. The number of amides is 2. The number of rotatable bonds is 3. The zero-order valence-corrected chi connectivity index (χ0v) is 14.3. The molecule has 1 spiro atoms. The van der Waals surface area contributed by atoms with Crippen LogP contribution in [-0.2, 0) is 16.0 Å². The van der Waals surface area contributed by atoms with Gasteiger partial charge in [-0.15, -0.1) is 10.2 Å². The first kappa shape index (κ1) is 15.1. The molecule has 0 bridgehead atoms. The molecule has 1 atom stereocenters. The van der Waals surface area contributed by atoms with Gasteiger partial charge in [0.15, 0.2) is 0 Å². The lowest BCUT2D eigenvalue weighted by atomic mass is 9.96. The molecule has 4 rings (SSSR count). The quantitative estimate of drug-likeness (QED) is 0.848. The van der Waals surface area contributed by atoms with Crippen LogP contribution in [0.4, 0.5) is 5.13 Å².